The zero-order valence-electron chi connectivity index (χ0n) is 2.30. The Balaban J connectivity index is 2.86. The van der Waals surface area contributed by atoms with E-state index in [1.807, 2.05) is 0 Å². The fourth-order valence-electron chi connectivity index (χ4n) is 0.0204. The van der Waals surface area contributed by atoms with Crippen molar-refractivity contribution >= 4 is 30.8 Å². The Morgan fingerprint density at radius 3 is 1.60 bits per heavy atom. The van der Waals surface area contributed by atoms with E-state index in [1.165, 1.54) is 0 Å². The van der Waals surface area contributed by atoms with Crippen molar-refractivity contribution in [2.75, 3.05) is 0 Å². The van der Waals surface area contributed by atoms with E-state index in [-0.39, 0.29) is 0 Å². The minimum absolute atomic E-state index is 1.19. The molecule has 0 saturated heterocycles. The Hall–Kier alpha value is 0.306. The van der Waals surface area contributed by atoms with Crippen molar-refractivity contribution in [1.29, 1.82) is 8.28 Å². The number of rotatable bonds is 0. The van der Waals surface area contributed by atoms with Gasteiger partial charge in [-0.05, 0) is 0 Å². The molecule has 0 aromatic rings. The molecular weight excluding hydrogens is 189 g/mol. The van der Waals surface area contributed by atoms with Crippen molar-refractivity contribution < 1.29 is 2.79 Å². The quantitative estimate of drug-likeness (QED) is 0.469. The molecule has 24 valence electrons. The van der Waals surface area contributed by atoms with Crippen molar-refractivity contribution in [3.63, 3.8) is 0 Å². The van der Waals surface area contributed by atoms with Gasteiger partial charge in [0.15, 0.2) is 0 Å². The van der Waals surface area contributed by atoms with Gasteiger partial charge in [0, 0.05) is 0 Å². The first kappa shape index (κ1) is 5.31. The average molecular weight is 189 g/mol. The fourth-order valence-corrected chi connectivity index (χ4v) is 0.551. The van der Waals surface area contributed by atoms with Gasteiger partial charge in [-0.25, -0.2) is 0 Å². The topological polar surface area (TPSA) is 56.8 Å². The second kappa shape index (κ2) is 4.31. The Morgan fingerprint density at radius 2 is 1.60 bits per heavy atom. The van der Waals surface area contributed by atoms with E-state index >= 15 is 0 Å². The molecule has 0 heterocycles. The minimum atomic E-state index is -1.19. The molecular formula is Ge2N2O. The molecule has 0 atom stereocenters. The van der Waals surface area contributed by atoms with Gasteiger partial charge in [-0.2, -0.15) is 0 Å². The van der Waals surface area contributed by atoms with Crippen LogP contribution in [0.2, 0.25) is 0 Å². The van der Waals surface area contributed by atoms with Gasteiger partial charge in [0.05, 0.1) is 0 Å². The van der Waals surface area contributed by atoms with Crippen LogP contribution in [-0.4, -0.2) is 30.8 Å². The summed E-state index contributed by atoms with van der Waals surface area (Å²) in [6, 6.07) is 0. The second-order valence-corrected chi connectivity index (χ2v) is 3.70. The van der Waals surface area contributed by atoms with Gasteiger partial charge in [0.2, 0.25) is 0 Å². The van der Waals surface area contributed by atoms with Crippen LogP contribution >= 0.6 is 0 Å². The van der Waals surface area contributed by atoms with E-state index < -0.39 is 30.8 Å². The molecule has 0 saturated carbocycles. The van der Waals surface area contributed by atoms with Gasteiger partial charge in [0.1, 0.15) is 0 Å². The van der Waals surface area contributed by atoms with Crippen LogP contribution < -0.4 is 0 Å². The number of hydrogen-bond acceptors (Lipinski definition) is 3. The van der Waals surface area contributed by atoms with E-state index in [4.69, 9.17) is 8.28 Å². The summed E-state index contributed by atoms with van der Waals surface area (Å²) in [6.45, 7) is 0. The van der Waals surface area contributed by atoms with Crippen LogP contribution in [0, 0.1) is 8.28 Å². The van der Waals surface area contributed by atoms with Crippen molar-refractivity contribution in [3.8, 4) is 0 Å². The molecule has 0 aromatic heterocycles. The molecule has 5 heteroatoms. The average Bonchev–Trinajstić information content (AvgIpc) is 1.41. The summed E-state index contributed by atoms with van der Waals surface area (Å²) in [4.78, 5) is 0. The van der Waals surface area contributed by atoms with Gasteiger partial charge in [0.25, 0.3) is 0 Å². The van der Waals surface area contributed by atoms with Gasteiger partial charge in [-0.3, -0.25) is 0 Å². The summed E-state index contributed by atoms with van der Waals surface area (Å²) in [7, 11) is 0. The summed E-state index contributed by atoms with van der Waals surface area (Å²) >= 11 is -2.38. The maximum absolute atomic E-state index is 7.84. The second-order valence-electron chi connectivity index (χ2n) is 0.285. The molecule has 0 unspecified atom stereocenters. The molecule has 0 aromatic carbocycles. The van der Waals surface area contributed by atoms with Crippen molar-refractivity contribution in [3.05, 3.63) is 0 Å². The summed E-state index contributed by atoms with van der Waals surface area (Å²) in [5.41, 5.74) is 0. The van der Waals surface area contributed by atoms with Crippen LogP contribution in [0.3, 0.4) is 0 Å². The van der Waals surface area contributed by atoms with E-state index in [9.17, 15) is 0 Å². The predicted octanol–water partition coefficient (Wildman–Crippen LogP) is -0.800. The van der Waals surface area contributed by atoms with Gasteiger partial charge in [-0.1, -0.05) is 0 Å². The van der Waals surface area contributed by atoms with Crippen molar-refractivity contribution in [1.82, 2.24) is 0 Å². The van der Waals surface area contributed by atoms with Crippen LogP contribution in [0.4, 0.5) is 0 Å². The summed E-state index contributed by atoms with van der Waals surface area (Å²) in [5.74, 6) is 0. The van der Waals surface area contributed by atoms with Crippen LogP contribution in [0.5, 0.6) is 0 Å². The van der Waals surface area contributed by atoms with Crippen molar-refractivity contribution in [2.45, 2.75) is 0 Å². The normalized spacial score (nSPS) is 3.60. The molecule has 0 N–H and O–H groups in total. The fraction of sp³-hybridized carbons (Fsp3) is 0. The molecule has 0 rings (SSSR count). The first-order valence-corrected chi connectivity index (χ1v) is 4.45. The zero-order chi connectivity index (χ0) is 4.12. The van der Waals surface area contributed by atoms with E-state index in [0.29, 0.717) is 0 Å². The predicted molar refractivity (Wildman–Crippen MR) is 16.0 cm³/mol. The van der Waals surface area contributed by atoms with Crippen LogP contribution in [-0.2, 0) is 2.79 Å². The molecule has 0 aliphatic rings. The van der Waals surface area contributed by atoms with E-state index in [0.717, 1.165) is 0 Å². The molecule has 0 radical (unpaired) electrons. The summed E-state index contributed by atoms with van der Waals surface area (Å²) < 4.78 is 19.9. The molecule has 5 heavy (non-hydrogen) atoms. The van der Waals surface area contributed by atoms with E-state index in [2.05, 4.69) is 2.79 Å². The third kappa shape index (κ3) is 4.31. The van der Waals surface area contributed by atoms with Gasteiger partial charge >= 0.3 is 41.9 Å². The number of nitrogens with zero attached hydrogens (tertiary/aromatic N) is 2. The Bertz CT molecular complexity index is 72.8. The van der Waals surface area contributed by atoms with Gasteiger partial charge < -0.3 is 0 Å². The molecule has 0 bridgehead atoms. The van der Waals surface area contributed by atoms with Crippen molar-refractivity contribution in [2.24, 2.45) is 0 Å². The molecule has 0 amide bonds. The Morgan fingerprint density at radius 1 is 1.20 bits per heavy atom. The monoisotopic (exact) mass is 192 g/mol. The molecule has 0 aliphatic heterocycles. The van der Waals surface area contributed by atoms with Crippen LogP contribution in [0.15, 0.2) is 0 Å². The first-order valence-electron chi connectivity index (χ1n) is 0.855. The molecule has 0 fully saturated rings. The zero-order valence-corrected chi connectivity index (χ0v) is 6.50. The molecule has 0 spiro atoms. The van der Waals surface area contributed by atoms with Gasteiger partial charge in [-0.15, -0.1) is 0 Å². The first-order chi connectivity index (χ1) is 2.41. The van der Waals surface area contributed by atoms with Crippen LogP contribution in [0.1, 0.15) is 0 Å². The SMILES string of the molecule is [N]#[Ge][O][Ge]#[N]. The third-order valence-electron chi connectivity index (χ3n) is 0.0913. The summed E-state index contributed by atoms with van der Waals surface area (Å²) in [6.07, 6.45) is 0. The summed E-state index contributed by atoms with van der Waals surface area (Å²) in [5, 5.41) is 0. The molecule has 0 aliphatic carbocycles. The maximum atomic E-state index is 7.84. The van der Waals surface area contributed by atoms with Crippen LogP contribution in [0.25, 0.3) is 0 Å². The van der Waals surface area contributed by atoms with E-state index in [1.54, 1.807) is 0 Å². The standard InChI is InChI=1S/Ge2N2O/c3-1-5-2-4. The molecule has 3 nitrogen and oxygen atoms in total. The Labute approximate surface area is 42.2 Å². The Kier molecular flexibility index (Phi) is 4.57. The number of hydrogen-bond donors (Lipinski definition) is 0. The third-order valence-corrected chi connectivity index (χ3v) is 2.46.